The molecule has 1 saturated carbocycles. The number of hydrogen-bond donors (Lipinski definition) is 1. The second-order valence-corrected chi connectivity index (χ2v) is 10.9. The summed E-state index contributed by atoms with van der Waals surface area (Å²) in [6, 6.07) is 16.2. The summed E-state index contributed by atoms with van der Waals surface area (Å²) < 4.78 is 14.2. The smallest absolute Gasteiger partial charge is 0.123 e. The highest BCUT2D eigenvalue weighted by molar-refractivity contribution is 5.85. The number of halogens is 1. The second-order valence-electron chi connectivity index (χ2n) is 10.9. The van der Waals surface area contributed by atoms with Gasteiger partial charge in [-0.15, -0.1) is 0 Å². The van der Waals surface area contributed by atoms with Crippen molar-refractivity contribution >= 4 is 10.9 Å². The van der Waals surface area contributed by atoms with E-state index in [2.05, 4.69) is 59.2 Å². The van der Waals surface area contributed by atoms with E-state index in [1.165, 1.54) is 74.9 Å². The monoisotopic (exact) mass is 461 g/mol. The lowest BCUT2D eigenvalue weighted by molar-refractivity contribution is 0.0920. The van der Waals surface area contributed by atoms with Gasteiger partial charge in [-0.1, -0.05) is 36.8 Å². The van der Waals surface area contributed by atoms with Gasteiger partial charge in [-0.3, -0.25) is 0 Å². The maximum absolute atomic E-state index is 14.2. The van der Waals surface area contributed by atoms with E-state index in [0.29, 0.717) is 5.92 Å². The highest BCUT2D eigenvalue weighted by atomic mass is 19.1. The van der Waals surface area contributed by atoms with Gasteiger partial charge < -0.3 is 14.8 Å². The van der Waals surface area contributed by atoms with E-state index in [9.17, 15) is 4.39 Å². The van der Waals surface area contributed by atoms with Crippen LogP contribution >= 0.6 is 0 Å². The fraction of sp³-hybridized carbons (Fsp3) is 0.533. The molecule has 3 aromatic rings. The minimum atomic E-state index is -0.129. The van der Waals surface area contributed by atoms with Gasteiger partial charge in [0.25, 0.3) is 0 Å². The van der Waals surface area contributed by atoms with Crippen molar-refractivity contribution in [2.75, 3.05) is 33.7 Å². The molecule has 1 aliphatic heterocycles. The Morgan fingerprint density at radius 2 is 1.74 bits per heavy atom. The highest BCUT2D eigenvalue weighted by Crippen LogP contribution is 2.44. The molecule has 2 heterocycles. The molecule has 4 heteroatoms. The Labute approximate surface area is 204 Å². The highest BCUT2D eigenvalue weighted by Gasteiger charge is 2.38. The summed E-state index contributed by atoms with van der Waals surface area (Å²) in [4.78, 5) is 8.82. The summed E-state index contributed by atoms with van der Waals surface area (Å²) in [6.07, 6.45) is 10.8. The molecule has 3 nitrogen and oxygen atoms in total. The van der Waals surface area contributed by atoms with Crippen LogP contribution in [-0.2, 0) is 12.8 Å². The van der Waals surface area contributed by atoms with Gasteiger partial charge in [-0.2, -0.15) is 0 Å². The number of benzene rings is 2. The zero-order valence-electron chi connectivity index (χ0n) is 21.0. The van der Waals surface area contributed by atoms with E-state index in [1.54, 1.807) is 12.1 Å². The molecule has 0 radical (unpaired) electrons. The fourth-order valence-corrected chi connectivity index (χ4v) is 6.51. The molecule has 1 aliphatic carbocycles. The van der Waals surface area contributed by atoms with Crippen molar-refractivity contribution in [1.82, 2.24) is 14.8 Å². The topological polar surface area (TPSA) is 22.3 Å². The summed E-state index contributed by atoms with van der Waals surface area (Å²) in [6.45, 7) is 3.50. The third kappa shape index (κ3) is 4.94. The maximum Gasteiger partial charge on any atom is 0.123 e. The van der Waals surface area contributed by atoms with E-state index < -0.39 is 0 Å². The number of H-pyrrole nitrogens is 1. The van der Waals surface area contributed by atoms with Crippen molar-refractivity contribution < 1.29 is 4.39 Å². The summed E-state index contributed by atoms with van der Waals surface area (Å²) in [7, 11) is 4.50. The van der Waals surface area contributed by atoms with Crippen LogP contribution in [0.15, 0.2) is 48.5 Å². The summed E-state index contributed by atoms with van der Waals surface area (Å²) >= 11 is 0. The number of likely N-dealkylation sites (tertiary alicyclic amines) is 1. The molecule has 182 valence electrons. The van der Waals surface area contributed by atoms with Crippen molar-refractivity contribution in [3.05, 3.63) is 71.2 Å². The average molecular weight is 462 g/mol. The van der Waals surface area contributed by atoms with Crippen molar-refractivity contribution in [3.8, 4) is 0 Å². The van der Waals surface area contributed by atoms with Crippen LogP contribution in [0.1, 0.15) is 67.7 Å². The van der Waals surface area contributed by atoms with Crippen LogP contribution in [0, 0.1) is 5.82 Å². The molecule has 0 amide bonds. The molecule has 0 unspecified atom stereocenters. The first-order chi connectivity index (χ1) is 16.5. The predicted molar refractivity (Wildman–Crippen MR) is 140 cm³/mol. The first-order valence-electron chi connectivity index (χ1n) is 13.3. The Kier molecular flexibility index (Phi) is 7.08. The second kappa shape index (κ2) is 10.2. The van der Waals surface area contributed by atoms with Crippen molar-refractivity contribution in [2.45, 2.75) is 69.2 Å². The number of aromatic amines is 1. The molecule has 2 fully saturated rings. The van der Waals surface area contributed by atoms with Crippen molar-refractivity contribution in [2.24, 2.45) is 0 Å². The van der Waals surface area contributed by atoms with Crippen LogP contribution < -0.4 is 0 Å². The number of fused-ring (bicyclic) bond motifs is 1. The number of aromatic nitrogens is 1. The van der Waals surface area contributed by atoms with Gasteiger partial charge in [0, 0.05) is 28.7 Å². The van der Waals surface area contributed by atoms with E-state index >= 15 is 0 Å². The molecule has 2 aliphatic rings. The molecular formula is C30H40FN3. The van der Waals surface area contributed by atoms with E-state index in [4.69, 9.17) is 0 Å². The van der Waals surface area contributed by atoms with Gasteiger partial charge in [-0.05, 0) is 114 Å². The first-order valence-corrected chi connectivity index (χ1v) is 13.3. The Hall–Kier alpha value is -2.17. The van der Waals surface area contributed by atoms with Gasteiger partial charge in [-0.25, -0.2) is 4.39 Å². The number of piperidine rings is 1. The Morgan fingerprint density at radius 3 is 2.44 bits per heavy atom. The van der Waals surface area contributed by atoms with Crippen LogP contribution in [0.5, 0.6) is 0 Å². The third-order valence-electron chi connectivity index (χ3n) is 8.68. The molecule has 0 spiro atoms. The molecule has 1 aromatic heterocycles. The zero-order chi connectivity index (χ0) is 23.5. The minimum Gasteiger partial charge on any atom is -0.358 e. The molecular weight excluding hydrogens is 421 g/mol. The number of nitrogens with one attached hydrogen (secondary N) is 1. The van der Waals surface area contributed by atoms with Gasteiger partial charge >= 0.3 is 0 Å². The zero-order valence-corrected chi connectivity index (χ0v) is 21.0. The van der Waals surface area contributed by atoms with Crippen LogP contribution in [0.2, 0.25) is 0 Å². The first kappa shape index (κ1) is 23.6. The van der Waals surface area contributed by atoms with Crippen LogP contribution in [-0.4, -0.2) is 54.1 Å². The van der Waals surface area contributed by atoms with Gasteiger partial charge in [0.1, 0.15) is 5.82 Å². The van der Waals surface area contributed by atoms with E-state index in [0.717, 1.165) is 30.3 Å². The van der Waals surface area contributed by atoms with E-state index in [-0.39, 0.29) is 11.4 Å². The average Bonchev–Trinajstić information content (AvgIpc) is 3.22. The van der Waals surface area contributed by atoms with Gasteiger partial charge in [0.15, 0.2) is 0 Å². The Balaban J connectivity index is 1.37. The molecule has 34 heavy (non-hydrogen) atoms. The van der Waals surface area contributed by atoms with E-state index in [1.807, 2.05) is 6.07 Å². The van der Waals surface area contributed by atoms with Crippen molar-refractivity contribution in [3.63, 3.8) is 0 Å². The van der Waals surface area contributed by atoms with Crippen LogP contribution in [0.25, 0.3) is 10.9 Å². The number of hydrogen-bond acceptors (Lipinski definition) is 2. The largest absolute Gasteiger partial charge is 0.358 e. The van der Waals surface area contributed by atoms with Gasteiger partial charge in [0.2, 0.25) is 0 Å². The normalized spacial score (nSPS) is 24.2. The lowest BCUT2D eigenvalue weighted by Gasteiger charge is -2.45. The molecule has 0 bridgehead atoms. The fourth-order valence-electron chi connectivity index (χ4n) is 6.51. The summed E-state index contributed by atoms with van der Waals surface area (Å²) in [5.41, 5.74) is 5.48. The molecule has 2 aromatic carbocycles. The summed E-state index contributed by atoms with van der Waals surface area (Å²) in [5, 5.41) is 1.10. The molecule has 1 N–H and O–H groups in total. The quantitative estimate of drug-likeness (QED) is 0.432. The standard InChI is InChI=1S/C30H40FN3/c1-33(2)30(22-23-9-5-3-6-10-23)16-13-24(14-17-30)29-26(15-20-34-18-7-4-8-19-34)27-21-25(31)11-12-28(27)32-29/h3,5-6,9-12,21,24,32H,4,7-8,13-20,22H2,1-2H3. The maximum atomic E-state index is 14.2. The number of nitrogens with zero attached hydrogens (tertiary/aromatic N) is 2. The Morgan fingerprint density at radius 1 is 1.00 bits per heavy atom. The molecule has 5 rings (SSSR count). The minimum absolute atomic E-state index is 0.129. The van der Waals surface area contributed by atoms with Crippen molar-refractivity contribution in [1.29, 1.82) is 0 Å². The van der Waals surface area contributed by atoms with Crippen LogP contribution in [0.3, 0.4) is 0 Å². The number of rotatable bonds is 7. The number of likely N-dealkylation sites (N-methyl/N-ethyl adjacent to an activating group) is 1. The molecule has 0 atom stereocenters. The lowest BCUT2D eigenvalue weighted by atomic mass is 9.71. The SMILES string of the molecule is CN(C)C1(Cc2ccccc2)CCC(c2[nH]c3ccc(F)cc3c2CCN2CCCCC2)CC1. The Bertz CT molecular complexity index is 1070. The lowest BCUT2D eigenvalue weighted by Crippen LogP contribution is -2.48. The summed E-state index contributed by atoms with van der Waals surface area (Å²) in [5.74, 6) is 0.395. The van der Waals surface area contributed by atoms with Crippen LogP contribution in [0.4, 0.5) is 4.39 Å². The predicted octanol–water partition coefficient (Wildman–Crippen LogP) is 6.54. The van der Waals surface area contributed by atoms with Gasteiger partial charge in [0.05, 0.1) is 0 Å². The molecule has 1 saturated heterocycles. The third-order valence-corrected chi connectivity index (χ3v) is 8.68.